The third-order valence-electron chi connectivity index (χ3n) is 6.09. The lowest BCUT2D eigenvalue weighted by Gasteiger charge is -2.41. The van der Waals surface area contributed by atoms with Gasteiger partial charge in [-0.1, -0.05) is 77.9 Å². The van der Waals surface area contributed by atoms with Gasteiger partial charge in [0.15, 0.2) is 0 Å². The topological polar surface area (TPSA) is 40.6 Å². The van der Waals surface area contributed by atoms with Crippen LogP contribution in [0.2, 0.25) is 0 Å². The van der Waals surface area contributed by atoms with Gasteiger partial charge in [-0.25, -0.2) is 0 Å². The fourth-order valence-corrected chi connectivity index (χ4v) is 4.35. The van der Waals surface area contributed by atoms with Crippen LogP contribution in [0.4, 0.5) is 0 Å². The molecule has 2 aromatic rings. The third kappa shape index (κ3) is 6.71. The molecule has 2 heterocycles. The second-order valence-electron chi connectivity index (χ2n) is 9.46. The van der Waals surface area contributed by atoms with E-state index in [1.54, 1.807) is 0 Å². The van der Waals surface area contributed by atoms with Crippen molar-refractivity contribution in [3.63, 3.8) is 0 Å². The normalized spacial score (nSPS) is 15.8. The molecule has 2 aliphatic heterocycles. The summed E-state index contributed by atoms with van der Waals surface area (Å²) in [6.07, 6.45) is 0.986. The summed E-state index contributed by atoms with van der Waals surface area (Å²) < 4.78 is 0. The largest absolute Gasteiger partial charge is 0.336 e. The van der Waals surface area contributed by atoms with E-state index in [2.05, 4.69) is 47.6 Å². The fourth-order valence-electron chi connectivity index (χ4n) is 4.35. The molecule has 4 rings (SSSR count). The van der Waals surface area contributed by atoms with E-state index < -0.39 is 0 Å². The minimum absolute atomic E-state index is 0.0504. The summed E-state index contributed by atoms with van der Waals surface area (Å²) in [5.74, 6) is 0.353. The molecule has 0 N–H and O–H groups in total. The summed E-state index contributed by atoms with van der Waals surface area (Å²) in [7, 11) is 0. The first kappa shape index (κ1) is 29.4. The number of hydrogen-bond acceptors (Lipinski definition) is 2. The first-order chi connectivity index (χ1) is 16.1. The Bertz CT molecular complexity index is 931. The van der Waals surface area contributed by atoms with E-state index >= 15 is 0 Å². The van der Waals surface area contributed by atoms with Crippen LogP contribution in [0, 0.1) is 0 Å². The van der Waals surface area contributed by atoms with Crippen molar-refractivity contribution in [1.82, 2.24) is 9.80 Å². The molecule has 0 bridgehead atoms. The zero-order chi connectivity index (χ0) is 26.1. The van der Waals surface area contributed by atoms with Crippen LogP contribution < -0.4 is 0 Å². The standard InChI is InChI=1S/C14H19NO.C12H15NO.2C2H6/c1-10(2)15-9-14(3,4)12-8-6-5-7-11(12)13(15)16;1-9(2)13-8-7-10-5-3-4-6-11(10)12(13)14;2*1-2/h5-8,10H,9H2,1-4H3;3-6,9H,7-8H2,1-2H3;2*1-2H3. The van der Waals surface area contributed by atoms with E-state index in [9.17, 15) is 9.59 Å². The van der Waals surface area contributed by atoms with E-state index in [1.165, 1.54) is 11.1 Å². The van der Waals surface area contributed by atoms with Crippen molar-refractivity contribution in [2.24, 2.45) is 0 Å². The number of amides is 2. The zero-order valence-electron chi connectivity index (χ0n) is 23.1. The molecule has 0 fully saturated rings. The van der Waals surface area contributed by atoms with Crippen molar-refractivity contribution >= 4 is 11.8 Å². The van der Waals surface area contributed by atoms with Gasteiger partial charge in [0.1, 0.15) is 0 Å². The second-order valence-corrected chi connectivity index (χ2v) is 9.46. The Kier molecular flexibility index (Phi) is 11.5. The molecule has 0 spiro atoms. The van der Waals surface area contributed by atoms with Crippen LogP contribution in [-0.4, -0.2) is 46.8 Å². The number of benzene rings is 2. The maximum absolute atomic E-state index is 12.3. The molecule has 0 radical (unpaired) electrons. The highest BCUT2D eigenvalue weighted by atomic mass is 16.2. The maximum Gasteiger partial charge on any atom is 0.254 e. The van der Waals surface area contributed by atoms with Crippen molar-refractivity contribution in [3.8, 4) is 0 Å². The van der Waals surface area contributed by atoms with E-state index in [-0.39, 0.29) is 23.3 Å². The SMILES string of the molecule is CC.CC.CC(C)N1CC(C)(C)c2ccccc2C1=O.CC(C)N1CCc2ccccc2C1=O. The molecule has 0 saturated carbocycles. The van der Waals surface area contributed by atoms with Gasteiger partial charge in [-0.2, -0.15) is 0 Å². The van der Waals surface area contributed by atoms with Gasteiger partial charge in [0.25, 0.3) is 11.8 Å². The lowest BCUT2D eigenvalue weighted by Crippen LogP contribution is -2.49. The van der Waals surface area contributed by atoms with Crippen molar-refractivity contribution in [3.05, 3.63) is 70.8 Å². The van der Waals surface area contributed by atoms with Gasteiger partial charge < -0.3 is 9.80 Å². The lowest BCUT2D eigenvalue weighted by atomic mass is 9.78. The van der Waals surface area contributed by atoms with Gasteiger partial charge in [-0.05, 0) is 57.4 Å². The molecule has 188 valence electrons. The molecular weight excluding hydrogens is 420 g/mol. The summed E-state index contributed by atoms with van der Waals surface area (Å²) in [5, 5.41) is 0. The fraction of sp³-hybridized carbons (Fsp3) is 0.533. The van der Waals surface area contributed by atoms with Crippen molar-refractivity contribution in [1.29, 1.82) is 0 Å². The monoisotopic (exact) mass is 466 g/mol. The molecule has 4 nitrogen and oxygen atoms in total. The number of rotatable bonds is 2. The molecule has 2 amide bonds. The lowest BCUT2D eigenvalue weighted by molar-refractivity contribution is 0.0626. The van der Waals surface area contributed by atoms with Gasteiger partial charge in [0.2, 0.25) is 0 Å². The smallest absolute Gasteiger partial charge is 0.254 e. The van der Waals surface area contributed by atoms with Gasteiger partial charge in [-0.15, -0.1) is 0 Å². The number of fused-ring (bicyclic) bond motifs is 2. The van der Waals surface area contributed by atoms with E-state index in [0.29, 0.717) is 6.04 Å². The van der Waals surface area contributed by atoms with Gasteiger partial charge >= 0.3 is 0 Å². The Morgan fingerprint density at radius 3 is 1.74 bits per heavy atom. The van der Waals surface area contributed by atoms with Crippen molar-refractivity contribution < 1.29 is 9.59 Å². The number of carbonyl (C=O) groups is 2. The number of nitrogens with zero attached hydrogens (tertiary/aromatic N) is 2. The highest BCUT2D eigenvalue weighted by Gasteiger charge is 2.37. The number of hydrogen-bond donors (Lipinski definition) is 0. The minimum Gasteiger partial charge on any atom is -0.336 e. The van der Waals surface area contributed by atoms with E-state index in [0.717, 1.165) is 30.6 Å². The van der Waals surface area contributed by atoms with Crippen LogP contribution in [0.25, 0.3) is 0 Å². The third-order valence-corrected chi connectivity index (χ3v) is 6.09. The molecule has 0 aromatic heterocycles. The summed E-state index contributed by atoms with van der Waals surface area (Å²) in [5.41, 5.74) is 4.17. The maximum atomic E-state index is 12.3. The van der Waals surface area contributed by atoms with Crippen LogP contribution in [0.1, 0.15) is 101 Å². The Morgan fingerprint density at radius 2 is 1.18 bits per heavy atom. The second kappa shape index (κ2) is 13.3. The molecule has 4 heteroatoms. The highest BCUT2D eigenvalue weighted by Crippen LogP contribution is 2.33. The van der Waals surface area contributed by atoms with E-state index in [1.807, 2.05) is 80.0 Å². The van der Waals surface area contributed by atoms with Crippen molar-refractivity contribution in [2.75, 3.05) is 13.1 Å². The van der Waals surface area contributed by atoms with Gasteiger partial charge in [-0.3, -0.25) is 9.59 Å². The zero-order valence-corrected chi connectivity index (χ0v) is 23.1. The van der Waals surface area contributed by atoms with Gasteiger partial charge in [0.05, 0.1) is 0 Å². The van der Waals surface area contributed by atoms with Gasteiger partial charge in [0, 0.05) is 41.7 Å². The molecule has 0 unspecified atom stereocenters. The first-order valence-corrected chi connectivity index (χ1v) is 12.9. The average molecular weight is 467 g/mol. The quantitative estimate of drug-likeness (QED) is 0.479. The highest BCUT2D eigenvalue weighted by molar-refractivity contribution is 5.98. The van der Waals surface area contributed by atoms with Crippen LogP contribution in [-0.2, 0) is 11.8 Å². The molecule has 0 saturated heterocycles. The minimum atomic E-state index is 0.0504. The van der Waals surface area contributed by atoms with Crippen LogP contribution in [0.3, 0.4) is 0 Å². The summed E-state index contributed by atoms with van der Waals surface area (Å²) in [6, 6.07) is 16.4. The summed E-state index contributed by atoms with van der Waals surface area (Å²) in [6.45, 7) is 22.3. The van der Waals surface area contributed by atoms with Crippen molar-refractivity contribution in [2.45, 2.75) is 93.2 Å². The predicted octanol–water partition coefficient (Wildman–Crippen LogP) is 6.97. The Morgan fingerprint density at radius 1 is 0.706 bits per heavy atom. The Balaban J connectivity index is 0.000000299. The number of carbonyl (C=O) groups excluding carboxylic acids is 2. The Hall–Kier alpha value is -2.62. The predicted molar refractivity (Wildman–Crippen MR) is 145 cm³/mol. The average Bonchev–Trinajstić information content (AvgIpc) is 2.84. The molecule has 0 atom stereocenters. The molecular formula is C30H46N2O2. The molecule has 2 aromatic carbocycles. The molecule has 2 aliphatic rings. The summed E-state index contributed by atoms with van der Waals surface area (Å²) in [4.78, 5) is 28.1. The molecule has 0 aliphatic carbocycles. The van der Waals surface area contributed by atoms with E-state index in [4.69, 9.17) is 0 Å². The Labute approximate surface area is 208 Å². The summed E-state index contributed by atoms with van der Waals surface area (Å²) >= 11 is 0. The van der Waals surface area contributed by atoms with Crippen LogP contribution in [0.5, 0.6) is 0 Å². The molecule has 34 heavy (non-hydrogen) atoms. The van der Waals surface area contributed by atoms with Crippen LogP contribution >= 0.6 is 0 Å². The first-order valence-electron chi connectivity index (χ1n) is 12.9. The van der Waals surface area contributed by atoms with Crippen LogP contribution in [0.15, 0.2) is 48.5 Å².